The highest BCUT2D eigenvalue weighted by Gasteiger charge is 2.45. The molecule has 178 valence electrons. The molecule has 0 aliphatic carbocycles. The first-order valence-electron chi connectivity index (χ1n) is 11.5. The molecule has 8 heteroatoms. The molecule has 2 atom stereocenters. The zero-order valence-electron chi connectivity index (χ0n) is 19.7. The molecule has 2 amide bonds. The molecule has 1 N–H and O–H groups in total. The van der Waals surface area contributed by atoms with Crippen LogP contribution in [-0.2, 0) is 4.79 Å². The molecule has 2 aromatic heterocycles. The number of carbonyl (C=O) groups is 2. The van der Waals surface area contributed by atoms with Gasteiger partial charge in [-0.05, 0) is 67.6 Å². The summed E-state index contributed by atoms with van der Waals surface area (Å²) in [6.45, 7) is 6.14. The fraction of sp³-hybridized carbons (Fsp3) is 0.222. The third-order valence-corrected chi connectivity index (χ3v) is 7.35. The summed E-state index contributed by atoms with van der Waals surface area (Å²) in [5.41, 5.74) is 4.14. The van der Waals surface area contributed by atoms with Crippen molar-refractivity contribution in [3.8, 4) is 5.69 Å². The second-order valence-electron chi connectivity index (χ2n) is 8.62. The van der Waals surface area contributed by atoms with Gasteiger partial charge in [-0.2, -0.15) is 5.10 Å². The van der Waals surface area contributed by atoms with Gasteiger partial charge in [0, 0.05) is 18.0 Å². The second-order valence-corrected chi connectivity index (χ2v) is 9.53. The maximum Gasteiger partial charge on any atom is 0.262 e. The number of rotatable bonds is 5. The van der Waals surface area contributed by atoms with E-state index in [0.29, 0.717) is 17.2 Å². The quantitative estimate of drug-likeness (QED) is 0.431. The molecule has 5 rings (SSSR count). The average molecular weight is 489 g/mol. The number of benzene rings is 2. The number of likely N-dealkylation sites (N-methyl/N-ethyl adjacent to an activating group) is 1. The second kappa shape index (κ2) is 9.11. The Morgan fingerprint density at radius 3 is 2.46 bits per heavy atom. The number of hydrogen-bond acceptors (Lipinski definition) is 4. The summed E-state index contributed by atoms with van der Waals surface area (Å²) in [5.74, 6) is -0.747. The molecule has 2 aromatic carbocycles. The van der Waals surface area contributed by atoms with Crippen molar-refractivity contribution in [1.29, 1.82) is 0 Å². The van der Waals surface area contributed by atoms with E-state index in [1.54, 1.807) is 21.7 Å². The lowest BCUT2D eigenvalue weighted by Gasteiger charge is -2.38. The van der Waals surface area contributed by atoms with Crippen LogP contribution in [0.5, 0.6) is 0 Å². The first-order valence-corrected chi connectivity index (χ1v) is 12.3. The highest BCUT2D eigenvalue weighted by molar-refractivity contribution is 7.12. The standard InChI is InChI=1S/C27H25FN4O2S/c1-4-31-26-22(17(3)30-32(26)20-8-6-5-7-9-20)23(18-10-12-19(28)13-11-18)24(27(31)34)29-25(33)21-14-16(2)15-35-21/h5-15,23-24H,4H2,1-3H3,(H,29,33). The predicted molar refractivity (Wildman–Crippen MR) is 135 cm³/mol. The van der Waals surface area contributed by atoms with Crippen LogP contribution in [0.3, 0.4) is 0 Å². The smallest absolute Gasteiger partial charge is 0.262 e. The van der Waals surface area contributed by atoms with E-state index in [2.05, 4.69) is 5.32 Å². The van der Waals surface area contributed by atoms with Crippen molar-refractivity contribution in [2.45, 2.75) is 32.7 Å². The molecule has 0 saturated heterocycles. The minimum atomic E-state index is -0.866. The van der Waals surface area contributed by atoms with Gasteiger partial charge in [0.05, 0.1) is 16.3 Å². The number of carbonyl (C=O) groups excluding carboxylic acids is 2. The lowest BCUT2D eigenvalue weighted by molar-refractivity contribution is -0.121. The topological polar surface area (TPSA) is 67.2 Å². The molecular weight excluding hydrogens is 463 g/mol. The number of amides is 2. The monoisotopic (exact) mass is 488 g/mol. The highest BCUT2D eigenvalue weighted by Crippen LogP contribution is 2.43. The van der Waals surface area contributed by atoms with Crippen LogP contribution in [0.15, 0.2) is 66.0 Å². The summed E-state index contributed by atoms with van der Waals surface area (Å²) in [4.78, 5) is 29.3. The van der Waals surface area contributed by atoms with Gasteiger partial charge in [0.25, 0.3) is 11.8 Å². The van der Waals surface area contributed by atoms with E-state index in [-0.39, 0.29) is 17.6 Å². The Morgan fingerprint density at radius 2 is 1.83 bits per heavy atom. The lowest BCUT2D eigenvalue weighted by atomic mass is 9.81. The number of fused-ring (bicyclic) bond motifs is 1. The van der Waals surface area contributed by atoms with Crippen molar-refractivity contribution in [2.24, 2.45) is 0 Å². The Labute approximate surface area is 207 Å². The van der Waals surface area contributed by atoms with E-state index in [1.807, 2.05) is 62.5 Å². The third kappa shape index (κ3) is 4.04. The molecule has 1 aliphatic rings. The van der Waals surface area contributed by atoms with E-state index in [9.17, 15) is 14.0 Å². The van der Waals surface area contributed by atoms with E-state index >= 15 is 0 Å². The molecule has 6 nitrogen and oxygen atoms in total. The number of nitrogens with zero attached hydrogens (tertiary/aromatic N) is 3. The molecular formula is C27H25FN4O2S. The van der Waals surface area contributed by atoms with E-state index in [0.717, 1.165) is 28.1 Å². The number of thiophene rings is 1. The molecule has 35 heavy (non-hydrogen) atoms. The van der Waals surface area contributed by atoms with Gasteiger partial charge < -0.3 is 5.32 Å². The summed E-state index contributed by atoms with van der Waals surface area (Å²) in [6, 6.07) is 16.7. The van der Waals surface area contributed by atoms with Crippen molar-refractivity contribution in [2.75, 3.05) is 11.4 Å². The Hall–Kier alpha value is -3.78. The predicted octanol–water partition coefficient (Wildman–Crippen LogP) is 4.99. The molecule has 0 radical (unpaired) electrons. The molecule has 0 fully saturated rings. The minimum Gasteiger partial charge on any atom is -0.339 e. The number of aromatic nitrogens is 2. The summed E-state index contributed by atoms with van der Waals surface area (Å²) in [7, 11) is 0. The summed E-state index contributed by atoms with van der Waals surface area (Å²) >= 11 is 1.34. The fourth-order valence-corrected chi connectivity index (χ4v) is 5.53. The summed E-state index contributed by atoms with van der Waals surface area (Å²) < 4.78 is 15.6. The number of nitrogens with one attached hydrogen (secondary N) is 1. The van der Waals surface area contributed by atoms with Crippen LogP contribution in [0.25, 0.3) is 5.69 Å². The molecule has 1 aliphatic heterocycles. The summed E-state index contributed by atoms with van der Waals surface area (Å²) in [5, 5.41) is 9.70. The summed E-state index contributed by atoms with van der Waals surface area (Å²) in [6.07, 6.45) is 0. The normalized spacial score (nSPS) is 17.4. The van der Waals surface area contributed by atoms with Gasteiger partial charge in [-0.1, -0.05) is 30.3 Å². The SMILES string of the molecule is CCN1C(=O)C(NC(=O)c2cc(C)cs2)C(c2ccc(F)cc2)c2c(C)nn(-c3ccccc3)c21. The van der Waals surface area contributed by atoms with Gasteiger partial charge in [-0.15, -0.1) is 11.3 Å². The van der Waals surface area contributed by atoms with Gasteiger partial charge in [0.1, 0.15) is 17.7 Å². The van der Waals surface area contributed by atoms with Crippen molar-refractivity contribution in [1.82, 2.24) is 15.1 Å². The Morgan fingerprint density at radius 1 is 1.11 bits per heavy atom. The van der Waals surface area contributed by atoms with Crippen molar-refractivity contribution in [3.05, 3.63) is 99.1 Å². The molecule has 4 aromatic rings. The van der Waals surface area contributed by atoms with Crippen LogP contribution in [-0.4, -0.2) is 34.2 Å². The van der Waals surface area contributed by atoms with E-state index in [4.69, 9.17) is 5.10 Å². The van der Waals surface area contributed by atoms with E-state index in [1.165, 1.54) is 23.5 Å². The third-order valence-electron chi connectivity index (χ3n) is 6.30. The van der Waals surface area contributed by atoms with E-state index < -0.39 is 12.0 Å². The van der Waals surface area contributed by atoms with Crippen LogP contribution < -0.4 is 10.2 Å². The Bertz CT molecular complexity index is 1390. The number of anilines is 1. The van der Waals surface area contributed by atoms with Crippen LogP contribution in [0.2, 0.25) is 0 Å². The van der Waals surface area contributed by atoms with Gasteiger partial charge in [-0.25, -0.2) is 9.07 Å². The molecule has 3 heterocycles. The first kappa shape index (κ1) is 23.0. The van der Waals surface area contributed by atoms with Gasteiger partial charge >= 0.3 is 0 Å². The van der Waals surface area contributed by atoms with Crippen molar-refractivity contribution < 1.29 is 14.0 Å². The molecule has 0 saturated carbocycles. The Kier molecular flexibility index (Phi) is 5.98. The Balaban J connectivity index is 1.69. The lowest BCUT2D eigenvalue weighted by Crippen LogP contribution is -2.55. The van der Waals surface area contributed by atoms with Gasteiger partial charge in [-0.3, -0.25) is 14.5 Å². The zero-order valence-corrected chi connectivity index (χ0v) is 20.5. The maximum atomic E-state index is 13.9. The minimum absolute atomic E-state index is 0.229. The number of aryl methyl sites for hydroxylation is 2. The average Bonchev–Trinajstić information content (AvgIpc) is 3.44. The first-order chi connectivity index (χ1) is 16.9. The van der Waals surface area contributed by atoms with Crippen LogP contribution in [0.4, 0.5) is 10.2 Å². The highest BCUT2D eigenvalue weighted by atomic mass is 32.1. The number of halogens is 1. The van der Waals surface area contributed by atoms with Crippen LogP contribution >= 0.6 is 11.3 Å². The molecule has 0 spiro atoms. The van der Waals surface area contributed by atoms with Gasteiger partial charge in [0.2, 0.25) is 0 Å². The number of para-hydroxylation sites is 1. The fourth-order valence-electron chi connectivity index (χ4n) is 4.72. The van der Waals surface area contributed by atoms with Crippen LogP contribution in [0.1, 0.15) is 44.9 Å². The van der Waals surface area contributed by atoms with Crippen LogP contribution in [0, 0.1) is 19.7 Å². The van der Waals surface area contributed by atoms with Gasteiger partial charge in [0.15, 0.2) is 0 Å². The van der Waals surface area contributed by atoms with Crippen molar-refractivity contribution in [3.63, 3.8) is 0 Å². The molecule has 0 bridgehead atoms. The van der Waals surface area contributed by atoms with Crippen molar-refractivity contribution >= 4 is 29.0 Å². The number of hydrogen-bond donors (Lipinski definition) is 1. The molecule has 2 unspecified atom stereocenters. The largest absolute Gasteiger partial charge is 0.339 e. The maximum absolute atomic E-state index is 13.9. The zero-order chi connectivity index (χ0) is 24.7.